The number of allylic oxidation sites excluding steroid dienone is 2. The molecule has 0 heteroatoms. The maximum Gasteiger partial charge on any atom is -0.00851 e. The molecule has 4 aliphatic rings. The van der Waals surface area contributed by atoms with Crippen molar-refractivity contribution < 1.29 is 0 Å². The van der Waals surface area contributed by atoms with Gasteiger partial charge in [-0.15, -0.1) is 0 Å². The lowest BCUT2D eigenvalue weighted by Crippen LogP contribution is -2.49. The summed E-state index contributed by atoms with van der Waals surface area (Å²) in [5.74, 6) is 4.99. The molecule has 0 radical (unpaired) electrons. The van der Waals surface area contributed by atoms with E-state index >= 15 is 0 Å². The van der Waals surface area contributed by atoms with Crippen LogP contribution in [0.2, 0.25) is 0 Å². The van der Waals surface area contributed by atoms with E-state index in [-0.39, 0.29) is 0 Å². The van der Waals surface area contributed by atoms with E-state index in [4.69, 9.17) is 0 Å². The lowest BCUT2D eigenvalue weighted by Gasteiger charge is -2.58. The van der Waals surface area contributed by atoms with Crippen LogP contribution >= 0.6 is 0 Å². The molecule has 0 spiro atoms. The summed E-state index contributed by atoms with van der Waals surface area (Å²) >= 11 is 0. The minimum Gasteiger partial charge on any atom is -0.0845 e. The van der Waals surface area contributed by atoms with Crippen LogP contribution in [0.25, 0.3) is 0 Å². The van der Waals surface area contributed by atoms with E-state index in [0.29, 0.717) is 10.8 Å². The molecule has 44 heavy (non-hydrogen) atoms. The molecular formula is C44H84. The standard InChI is InChI=1S/C40H72.2C2H6/c1-5-6-7-8-9-10-11-12-13-14-15-16-17-18-19-20-21-22-23-34-25-27-37-36-26-24-35-32-33(2)28-30-40(35,4)38(36)29-31-39(34,37)3;2*1-2/h24,33-34,36-38H,5-23,25-32H2,1-4H3;2*1-2H3/t33?,34-,36?,37-,38-,39?,40?;;/m0../s1. The zero-order chi connectivity index (χ0) is 32.3. The predicted molar refractivity (Wildman–Crippen MR) is 200 cm³/mol. The first-order valence-corrected chi connectivity index (χ1v) is 21.2. The minimum atomic E-state index is 0.558. The highest BCUT2D eigenvalue weighted by atomic mass is 14.6. The van der Waals surface area contributed by atoms with Crippen LogP contribution in [0, 0.1) is 40.4 Å². The average Bonchev–Trinajstić information content (AvgIpc) is 3.38. The summed E-state index contributed by atoms with van der Waals surface area (Å²) in [5.41, 5.74) is 3.10. The Morgan fingerprint density at radius 2 is 1.09 bits per heavy atom. The van der Waals surface area contributed by atoms with Crippen LogP contribution in [0.4, 0.5) is 0 Å². The number of hydrogen-bond acceptors (Lipinski definition) is 0. The topological polar surface area (TPSA) is 0 Å². The van der Waals surface area contributed by atoms with Crippen molar-refractivity contribution in [3.05, 3.63) is 11.6 Å². The molecule has 4 rings (SSSR count). The lowest BCUT2D eigenvalue weighted by molar-refractivity contribution is -0.0450. The smallest absolute Gasteiger partial charge is 0.00851 e. The van der Waals surface area contributed by atoms with Crippen molar-refractivity contribution in [1.29, 1.82) is 0 Å². The molecule has 0 aromatic heterocycles. The van der Waals surface area contributed by atoms with E-state index in [9.17, 15) is 0 Å². The van der Waals surface area contributed by atoms with Gasteiger partial charge in [0.25, 0.3) is 0 Å². The van der Waals surface area contributed by atoms with Gasteiger partial charge in [0.1, 0.15) is 0 Å². The third-order valence-corrected chi connectivity index (χ3v) is 13.5. The summed E-state index contributed by atoms with van der Waals surface area (Å²) in [5, 5.41) is 0. The summed E-state index contributed by atoms with van der Waals surface area (Å²) < 4.78 is 0. The molecule has 3 fully saturated rings. The Morgan fingerprint density at radius 3 is 1.61 bits per heavy atom. The molecule has 0 heterocycles. The quantitative estimate of drug-likeness (QED) is 0.101. The fourth-order valence-electron chi connectivity index (χ4n) is 10.7. The third kappa shape index (κ3) is 11.5. The second-order valence-electron chi connectivity index (χ2n) is 16.2. The number of hydrogen-bond donors (Lipinski definition) is 0. The molecule has 4 aliphatic carbocycles. The summed E-state index contributed by atoms with van der Waals surface area (Å²) in [6.07, 6.45) is 43.0. The van der Waals surface area contributed by atoms with E-state index in [1.165, 1.54) is 148 Å². The van der Waals surface area contributed by atoms with Crippen molar-refractivity contribution in [3.8, 4) is 0 Å². The van der Waals surface area contributed by atoms with Gasteiger partial charge in [-0.05, 0) is 98.2 Å². The largest absolute Gasteiger partial charge is 0.0845 e. The Balaban J connectivity index is 0.00000162. The Bertz CT molecular complexity index is 732. The zero-order valence-electron chi connectivity index (χ0n) is 32.1. The zero-order valence-corrected chi connectivity index (χ0v) is 32.1. The van der Waals surface area contributed by atoms with Gasteiger partial charge in [0.15, 0.2) is 0 Å². The van der Waals surface area contributed by atoms with Crippen molar-refractivity contribution in [1.82, 2.24) is 0 Å². The Morgan fingerprint density at radius 1 is 0.591 bits per heavy atom. The lowest BCUT2D eigenvalue weighted by atomic mass is 9.47. The average molecular weight is 613 g/mol. The molecular weight excluding hydrogens is 528 g/mol. The van der Waals surface area contributed by atoms with Gasteiger partial charge >= 0.3 is 0 Å². The van der Waals surface area contributed by atoms with Crippen LogP contribution in [-0.2, 0) is 0 Å². The van der Waals surface area contributed by atoms with E-state index in [0.717, 1.165) is 29.6 Å². The van der Waals surface area contributed by atoms with Crippen molar-refractivity contribution >= 4 is 0 Å². The van der Waals surface area contributed by atoms with Gasteiger partial charge in [-0.25, -0.2) is 0 Å². The van der Waals surface area contributed by atoms with Crippen molar-refractivity contribution in [2.75, 3.05) is 0 Å². The molecule has 0 aromatic rings. The van der Waals surface area contributed by atoms with Gasteiger partial charge in [0, 0.05) is 0 Å². The SMILES string of the molecule is CC.CC.CCCCCCCCCCCCCCCCCCCC[C@H]1CC[C@H]2C3CC=C4CC(C)CCC4(C)[C@H]3CCC12C. The van der Waals surface area contributed by atoms with Gasteiger partial charge in [0.2, 0.25) is 0 Å². The van der Waals surface area contributed by atoms with Crippen LogP contribution in [-0.4, -0.2) is 0 Å². The van der Waals surface area contributed by atoms with E-state index in [2.05, 4.69) is 33.8 Å². The fraction of sp³-hybridized carbons (Fsp3) is 0.955. The minimum absolute atomic E-state index is 0.558. The van der Waals surface area contributed by atoms with Gasteiger partial charge < -0.3 is 0 Å². The fourth-order valence-corrected chi connectivity index (χ4v) is 10.7. The number of fused-ring (bicyclic) bond motifs is 5. The molecule has 4 unspecified atom stereocenters. The van der Waals surface area contributed by atoms with Crippen molar-refractivity contribution in [3.63, 3.8) is 0 Å². The van der Waals surface area contributed by atoms with Crippen molar-refractivity contribution in [2.45, 2.75) is 229 Å². The second kappa shape index (κ2) is 22.3. The normalized spacial score (nSPS) is 32.3. The molecule has 0 amide bonds. The van der Waals surface area contributed by atoms with Crippen LogP contribution in [0.5, 0.6) is 0 Å². The highest BCUT2D eigenvalue weighted by Crippen LogP contribution is 2.67. The summed E-state index contributed by atoms with van der Waals surface area (Å²) in [6.45, 7) is 18.2. The molecule has 0 bridgehead atoms. The Labute approximate surface area is 280 Å². The summed E-state index contributed by atoms with van der Waals surface area (Å²) in [6, 6.07) is 0. The third-order valence-electron chi connectivity index (χ3n) is 13.5. The number of rotatable bonds is 19. The van der Waals surface area contributed by atoms with Crippen LogP contribution in [0.1, 0.15) is 229 Å². The van der Waals surface area contributed by atoms with Gasteiger partial charge in [-0.2, -0.15) is 0 Å². The van der Waals surface area contributed by atoms with Crippen LogP contribution in [0.3, 0.4) is 0 Å². The first-order valence-electron chi connectivity index (χ1n) is 21.2. The monoisotopic (exact) mass is 613 g/mol. The molecule has 0 nitrogen and oxygen atoms in total. The summed E-state index contributed by atoms with van der Waals surface area (Å²) in [4.78, 5) is 0. The number of unbranched alkanes of at least 4 members (excludes halogenated alkanes) is 17. The molecule has 0 N–H and O–H groups in total. The molecule has 0 aliphatic heterocycles. The first kappa shape index (κ1) is 39.9. The van der Waals surface area contributed by atoms with Gasteiger partial charge in [-0.1, -0.05) is 183 Å². The van der Waals surface area contributed by atoms with Crippen LogP contribution in [0.15, 0.2) is 11.6 Å². The maximum atomic E-state index is 2.77. The highest BCUT2D eigenvalue weighted by Gasteiger charge is 2.58. The highest BCUT2D eigenvalue weighted by molar-refractivity contribution is 5.25. The molecule has 0 aromatic carbocycles. The molecule has 3 saturated carbocycles. The second-order valence-corrected chi connectivity index (χ2v) is 16.2. The van der Waals surface area contributed by atoms with Crippen LogP contribution < -0.4 is 0 Å². The van der Waals surface area contributed by atoms with E-state index < -0.39 is 0 Å². The first-order chi connectivity index (χ1) is 21.5. The molecule has 7 atom stereocenters. The summed E-state index contributed by atoms with van der Waals surface area (Å²) in [7, 11) is 0. The predicted octanol–water partition coefficient (Wildman–Crippen LogP) is 15.7. The molecule has 260 valence electrons. The van der Waals surface area contributed by atoms with Gasteiger partial charge in [0.05, 0.1) is 0 Å². The Hall–Kier alpha value is -0.260. The van der Waals surface area contributed by atoms with Crippen molar-refractivity contribution in [2.24, 2.45) is 40.4 Å². The van der Waals surface area contributed by atoms with E-state index in [1.807, 2.05) is 33.3 Å². The Kier molecular flexibility index (Phi) is 20.3. The van der Waals surface area contributed by atoms with E-state index in [1.54, 1.807) is 25.7 Å². The maximum absolute atomic E-state index is 2.77. The molecule has 0 saturated heterocycles. The van der Waals surface area contributed by atoms with Gasteiger partial charge in [-0.3, -0.25) is 0 Å².